The summed E-state index contributed by atoms with van der Waals surface area (Å²) in [4.78, 5) is 8.45. The predicted molar refractivity (Wildman–Crippen MR) is 69.9 cm³/mol. The number of aromatic nitrogens is 4. The van der Waals surface area contributed by atoms with Crippen LogP contribution in [0, 0.1) is 0 Å². The zero-order chi connectivity index (χ0) is 13.5. The van der Waals surface area contributed by atoms with E-state index < -0.39 is 0 Å². The molecule has 0 aliphatic carbocycles. The SMILES string of the molecule is COCc1nc(NN)cc(NCc2cccnn2)n1. The van der Waals surface area contributed by atoms with Gasteiger partial charge in [0.15, 0.2) is 5.82 Å². The summed E-state index contributed by atoms with van der Waals surface area (Å²) in [6.07, 6.45) is 1.63. The van der Waals surface area contributed by atoms with E-state index in [1.165, 1.54) is 0 Å². The van der Waals surface area contributed by atoms with Gasteiger partial charge < -0.3 is 15.5 Å². The standard InChI is InChI=1S/C11H15N7O/c1-19-7-11-15-9(5-10(16-11)17-12)13-6-8-3-2-4-14-18-8/h2-5H,6-7,12H2,1H3,(H2,13,15,16,17). The average Bonchev–Trinajstić information content (AvgIpc) is 2.46. The molecule has 0 unspecified atom stereocenters. The minimum absolute atomic E-state index is 0.315. The Labute approximate surface area is 110 Å². The van der Waals surface area contributed by atoms with Crippen LogP contribution in [0.3, 0.4) is 0 Å². The van der Waals surface area contributed by atoms with Gasteiger partial charge in [-0.25, -0.2) is 15.8 Å². The number of hydrogen-bond donors (Lipinski definition) is 3. The molecule has 0 saturated carbocycles. The normalized spacial score (nSPS) is 10.2. The van der Waals surface area contributed by atoms with E-state index in [9.17, 15) is 0 Å². The van der Waals surface area contributed by atoms with Gasteiger partial charge in [-0.05, 0) is 12.1 Å². The molecule has 2 heterocycles. The summed E-state index contributed by atoms with van der Waals surface area (Å²) in [5, 5.41) is 10.9. The maximum Gasteiger partial charge on any atom is 0.158 e. The zero-order valence-electron chi connectivity index (χ0n) is 10.5. The lowest BCUT2D eigenvalue weighted by Gasteiger charge is -2.08. The second kappa shape index (κ2) is 6.57. The molecular formula is C11H15N7O. The molecule has 0 saturated heterocycles. The van der Waals surface area contributed by atoms with Crippen molar-refractivity contribution in [1.29, 1.82) is 0 Å². The van der Waals surface area contributed by atoms with Crippen LogP contribution in [0.2, 0.25) is 0 Å². The molecule has 0 spiro atoms. The summed E-state index contributed by atoms with van der Waals surface area (Å²) in [5.74, 6) is 7.06. The first kappa shape index (κ1) is 13.1. The number of nitrogens with zero attached hydrogens (tertiary/aromatic N) is 4. The Morgan fingerprint density at radius 1 is 1.32 bits per heavy atom. The number of hydrogen-bond acceptors (Lipinski definition) is 8. The van der Waals surface area contributed by atoms with Crippen molar-refractivity contribution in [3.05, 3.63) is 35.9 Å². The molecule has 0 radical (unpaired) electrons. The highest BCUT2D eigenvalue weighted by Gasteiger charge is 2.04. The fourth-order valence-electron chi connectivity index (χ4n) is 1.46. The van der Waals surface area contributed by atoms with Crippen LogP contribution in [0.15, 0.2) is 24.4 Å². The zero-order valence-corrected chi connectivity index (χ0v) is 10.5. The van der Waals surface area contributed by atoms with Gasteiger partial charge in [-0.15, -0.1) is 0 Å². The summed E-state index contributed by atoms with van der Waals surface area (Å²) >= 11 is 0. The van der Waals surface area contributed by atoms with E-state index in [1.54, 1.807) is 19.4 Å². The van der Waals surface area contributed by atoms with Crippen LogP contribution in [0.1, 0.15) is 11.5 Å². The van der Waals surface area contributed by atoms with Crippen molar-refractivity contribution < 1.29 is 4.74 Å². The Morgan fingerprint density at radius 2 is 2.16 bits per heavy atom. The lowest BCUT2D eigenvalue weighted by Crippen LogP contribution is -2.13. The molecular weight excluding hydrogens is 246 g/mol. The quantitative estimate of drug-likeness (QED) is 0.503. The molecule has 2 rings (SSSR count). The van der Waals surface area contributed by atoms with Crippen LogP contribution in [0.25, 0.3) is 0 Å². The van der Waals surface area contributed by atoms with E-state index in [1.807, 2.05) is 12.1 Å². The van der Waals surface area contributed by atoms with Gasteiger partial charge >= 0.3 is 0 Å². The van der Waals surface area contributed by atoms with E-state index in [-0.39, 0.29) is 0 Å². The van der Waals surface area contributed by atoms with Crippen molar-refractivity contribution in [2.45, 2.75) is 13.2 Å². The highest BCUT2D eigenvalue weighted by atomic mass is 16.5. The average molecular weight is 261 g/mol. The van der Waals surface area contributed by atoms with Crippen molar-refractivity contribution in [3.63, 3.8) is 0 Å². The Kier molecular flexibility index (Phi) is 4.54. The van der Waals surface area contributed by atoms with Gasteiger partial charge in [0.1, 0.15) is 18.2 Å². The third kappa shape index (κ3) is 3.83. The largest absolute Gasteiger partial charge is 0.377 e. The van der Waals surface area contributed by atoms with Crippen LogP contribution in [-0.4, -0.2) is 27.3 Å². The molecule has 0 atom stereocenters. The Bertz CT molecular complexity index is 520. The Hall–Kier alpha value is -2.32. The van der Waals surface area contributed by atoms with E-state index >= 15 is 0 Å². The molecule has 0 aliphatic rings. The summed E-state index contributed by atoms with van der Waals surface area (Å²) in [6.45, 7) is 0.830. The van der Waals surface area contributed by atoms with Gasteiger partial charge in [-0.1, -0.05) is 0 Å². The van der Waals surface area contributed by atoms with E-state index in [4.69, 9.17) is 10.6 Å². The van der Waals surface area contributed by atoms with Crippen LogP contribution in [0.5, 0.6) is 0 Å². The molecule has 0 bridgehead atoms. The first-order valence-corrected chi connectivity index (χ1v) is 5.66. The van der Waals surface area contributed by atoms with Crippen molar-refractivity contribution in [2.24, 2.45) is 5.84 Å². The monoisotopic (exact) mass is 261 g/mol. The number of hydrazine groups is 1. The highest BCUT2D eigenvalue weighted by Crippen LogP contribution is 2.11. The summed E-state index contributed by atoms with van der Waals surface area (Å²) < 4.78 is 5.00. The molecule has 0 aliphatic heterocycles. The first-order valence-electron chi connectivity index (χ1n) is 5.66. The number of methoxy groups -OCH3 is 1. The Morgan fingerprint density at radius 3 is 2.84 bits per heavy atom. The second-order valence-corrected chi connectivity index (χ2v) is 3.70. The molecule has 0 fully saturated rings. The summed E-state index contributed by atoms with van der Waals surface area (Å²) in [5.41, 5.74) is 3.31. The van der Waals surface area contributed by atoms with E-state index in [2.05, 4.69) is 30.9 Å². The summed E-state index contributed by atoms with van der Waals surface area (Å²) in [6, 6.07) is 5.40. The molecule has 0 amide bonds. The maximum absolute atomic E-state index is 5.36. The molecule has 4 N–H and O–H groups in total. The molecule has 2 aromatic rings. The number of rotatable bonds is 6. The second-order valence-electron chi connectivity index (χ2n) is 3.70. The van der Waals surface area contributed by atoms with Crippen LogP contribution in [0.4, 0.5) is 11.6 Å². The predicted octanol–water partition coefficient (Wildman–Crippen LogP) is 0.311. The van der Waals surface area contributed by atoms with Gasteiger partial charge in [0.2, 0.25) is 0 Å². The number of nitrogens with one attached hydrogen (secondary N) is 2. The molecule has 2 aromatic heterocycles. The summed E-state index contributed by atoms with van der Waals surface area (Å²) in [7, 11) is 1.58. The van der Waals surface area contributed by atoms with E-state index in [0.717, 1.165) is 5.69 Å². The topological polar surface area (TPSA) is 111 Å². The van der Waals surface area contributed by atoms with Crippen molar-refractivity contribution in [2.75, 3.05) is 17.9 Å². The third-order valence-corrected chi connectivity index (χ3v) is 2.27. The highest BCUT2D eigenvalue weighted by molar-refractivity contribution is 5.46. The number of ether oxygens (including phenoxy) is 1. The first-order chi connectivity index (χ1) is 9.31. The van der Waals surface area contributed by atoms with Gasteiger partial charge in [0.05, 0.1) is 12.2 Å². The van der Waals surface area contributed by atoms with Crippen LogP contribution in [-0.2, 0) is 17.9 Å². The smallest absolute Gasteiger partial charge is 0.158 e. The minimum atomic E-state index is 0.315. The fraction of sp³-hybridized carbons (Fsp3) is 0.273. The maximum atomic E-state index is 5.36. The lowest BCUT2D eigenvalue weighted by atomic mass is 10.4. The van der Waals surface area contributed by atoms with Crippen molar-refractivity contribution in [1.82, 2.24) is 20.2 Å². The Balaban J connectivity index is 2.08. The van der Waals surface area contributed by atoms with Gasteiger partial charge in [-0.2, -0.15) is 10.2 Å². The van der Waals surface area contributed by atoms with Crippen LogP contribution < -0.4 is 16.6 Å². The lowest BCUT2D eigenvalue weighted by molar-refractivity contribution is 0.178. The molecule has 0 aromatic carbocycles. The molecule has 8 nitrogen and oxygen atoms in total. The number of nitrogen functional groups attached to an aromatic ring is 1. The molecule has 19 heavy (non-hydrogen) atoms. The van der Waals surface area contributed by atoms with Gasteiger partial charge in [0, 0.05) is 19.4 Å². The third-order valence-electron chi connectivity index (χ3n) is 2.27. The minimum Gasteiger partial charge on any atom is -0.377 e. The fourth-order valence-corrected chi connectivity index (χ4v) is 1.46. The number of nitrogens with two attached hydrogens (primary N) is 1. The van der Waals surface area contributed by atoms with Gasteiger partial charge in [0.25, 0.3) is 0 Å². The van der Waals surface area contributed by atoms with Crippen molar-refractivity contribution in [3.8, 4) is 0 Å². The number of anilines is 2. The van der Waals surface area contributed by atoms with Gasteiger partial charge in [-0.3, -0.25) is 0 Å². The molecule has 8 heteroatoms. The van der Waals surface area contributed by atoms with E-state index in [0.29, 0.717) is 30.6 Å². The molecule has 100 valence electrons. The van der Waals surface area contributed by atoms with Crippen molar-refractivity contribution >= 4 is 11.6 Å². The van der Waals surface area contributed by atoms with Crippen LogP contribution >= 0.6 is 0 Å².